The first-order chi connectivity index (χ1) is 8.93. The van der Waals surface area contributed by atoms with Gasteiger partial charge >= 0.3 is 17.8 Å². The average molecular weight is 268 g/mol. The Hall–Kier alpha value is -1.96. The van der Waals surface area contributed by atoms with Crippen molar-refractivity contribution in [2.75, 3.05) is 33.2 Å². The first kappa shape index (κ1) is 13.5. The van der Waals surface area contributed by atoms with Gasteiger partial charge in [0.15, 0.2) is 0 Å². The van der Waals surface area contributed by atoms with Gasteiger partial charge in [-0.05, 0) is 6.92 Å². The van der Waals surface area contributed by atoms with E-state index in [-0.39, 0.29) is 18.5 Å². The van der Waals surface area contributed by atoms with Gasteiger partial charge in [-0.1, -0.05) is 0 Å². The van der Waals surface area contributed by atoms with Crippen LogP contribution in [0.4, 0.5) is 4.79 Å². The Bertz CT molecular complexity index is 450. The van der Waals surface area contributed by atoms with Crippen LogP contribution in [0, 0.1) is 0 Å². The third kappa shape index (κ3) is 2.30. The largest absolute Gasteiger partial charge is 0.336 e. The summed E-state index contributed by atoms with van der Waals surface area (Å²) >= 11 is 0. The third-order valence-electron chi connectivity index (χ3n) is 3.37. The number of rotatable bonds is 2. The molecule has 104 valence electrons. The number of nitrogens with zero attached hydrogens (tertiary/aromatic N) is 3. The fourth-order valence-corrected chi connectivity index (χ4v) is 2.19. The molecule has 8 heteroatoms. The SMILES string of the molecule is C[C@@H]1CNCCN1C(=O)CN1C(=O)C(=O)N(C)C1=O. The Morgan fingerprint density at radius 1 is 1.32 bits per heavy atom. The number of hydrogen-bond acceptors (Lipinski definition) is 5. The molecule has 2 aliphatic rings. The van der Waals surface area contributed by atoms with E-state index in [4.69, 9.17) is 0 Å². The quantitative estimate of drug-likeness (QED) is 0.473. The van der Waals surface area contributed by atoms with Crippen LogP contribution < -0.4 is 5.32 Å². The second-order valence-electron chi connectivity index (χ2n) is 4.68. The summed E-state index contributed by atoms with van der Waals surface area (Å²) in [6.07, 6.45) is 0. The summed E-state index contributed by atoms with van der Waals surface area (Å²) in [6, 6.07) is -0.742. The molecule has 2 fully saturated rings. The molecule has 0 aromatic heterocycles. The van der Waals surface area contributed by atoms with Gasteiger partial charge < -0.3 is 10.2 Å². The first-order valence-electron chi connectivity index (χ1n) is 6.07. The summed E-state index contributed by atoms with van der Waals surface area (Å²) in [5.41, 5.74) is 0. The highest BCUT2D eigenvalue weighted by Gasteiger charge is 2.43. The second-order valence-corrected chi connectivity index (χ2v) is 4.68. The number of likely N-dealkylation sites (N-methyl/N-ethyl adjacent to an activating group) is 1. The summed E-state index contributed by atoms with van der Waals surface area (Å²) in [5, 5.41) is 3.14. The molecular formula is C11H16N4O4. The van der Waals surface area contributed by atoms with Crippen LogP contribution in [0.15, 0.2) is 0 Å². The smallest absolute Gasteiger partial charge is 0.334 e. The molecule has 0 spiro atoms. The number of nitrogens with one attached hydrogen (secondary N) is 1. The van der Waals surface area contributed by atoms with Crippen LogP contribution in [0.25, 0.3) is 0 Å². The van der Waals surface area contributed by atoms with Crippen molar-refractivity contribution in [2.45, 2.75) is 13.0 Å². The number of amides is 5. The van der Waals surface area contributed by atoms with Gasteiger partial charge in [0.1, 0.15) is 6.54 Å². The number of carbonyl (C=O) groups is 4. The standard InChI is InChI=1S/C11H16N4O4/c1-7-5-12-3-4-14(7)8(16)6-15-10(18)9(17)13(2)11(15)19/h7,12H,3-6H2,1-2H3/t7-/m1/s1. The minimum absolute atomic E-state index is 0.00230. The molecular weight excluding hydrogens is 252 g/mol. The third-order valence-corrected chi connectivity index (χ3v) is 3.37. The molecule has 0 radical (unpaired) electrons. The highest BCUT2D eigenvalue weighted by molar-refractivity contribution is 6.44. The zero-order valence-electron chi connectivity index (χ0n) is 10.9. The van der Waals surface area contributed by atoms with E-state index in [0.717, 1.165) is 4.90 Å². The van der Waals surface area contributed by atoms with E-state index in [1.165, 1.54) is 7.05 Å². The topological polar surface area (TPSA) is 90.0 Å². The predicted molar refractivity (Wildman–Crippen MR) is 63.9 cm³/mol. The van der Waals surface area contributed by atoms with Gasteiger partial charge in [0, 0.05) is 32.7 Å². The zero-order valence-corrected chi connectivity index (χ0v) is 10.9. The maximum Gasteiger partial charge on any atom is 0.334 e. The molecule has 2 saturated heterocycles. The van der Waals surface area contributed by atoms with E-state index in [2.05, 4.69) is 5.32 Å². The maximum absolute atomic E-state index is 12.1. The van der Waals surface area contributed by atoms with E-state index >= 15 is 0 Å². The van der Waals surface area contributed by atoms with Crippen molar-refractivity contribution < 1.29 is 19.2 Å². The Morgan fingerprint density at radius 2 is 2.00 bits per heavy atom. The predicted octanol–water partition coefficient (Wildman–Crippen LogP) is -1.77. The van der Waals surface area contributed by atoms with Crippen LogP contribution in [0.2, 0.25) is 0 Å². The second kappa shape index (κ2) is 4.96. The summed E-state index contributed by atoms with van der Waals surface area (Å²) in [6.45, 7) is 3.39. The lowest BCUT2D eigenvalue weighted by atomic mass is 10.2. The number of urea groups is 1. The van der Waals surface area contributed by atoms with Crippen molar-refractivity contribution in [2.24, 2.45) is 0 Å². The van der Waals surface area contributed by atoms with E-state index in [0.29, 0.717) is 24.5 Å². The Labute approximate surface area is 110 Å². The molecule has 5 amide bonds. The van der Waals surface area contributed by atoms with Crippen LogP contribution in [-0.2, 0) is 14.4 Å². The first-order valence-corrected chi connectivity index (χ1v) is 6.07. The molecule has 2 aliphatic heterocycles. The highest BCUT2D eigenvalue weighted by Crippen LogP contribution is 2.11. The van der Waals surface area contributed by atoms with E-state index in [9.17, 15) is 19.2 Å². The summed E-state index contributed by atoms with van der Waals surface area (Å²) in [5.74, 6) is -2.16. The minimum atomic E-state index is -0.941. The van der Waals surface area contributed by atoms with Crippen molar-refractivity contribution in [1.82, 2.24) is 20.0 Å². The van der Waals surface area contributed by atoms with Gasteiger partial charge in [-0.3, -0.25) is 19.3 Å². The molecule has 1 atom stereocenters. The molecule has 0 aromatic carbocycles. The summed E-state index contributed by atoms with van der Waals surface area (Å²) < 4.78 is 0. The van der Waals surface area contributed by atoms with Crippen molar-refractivity contribution in [3.05, 3.63) is 0 Å². The number of hydrogen-bond donors (Lipinski definition) is 1. The normalized spacial score (nSPS) is 24.4. The maximum atomic E-state index is 12.1. The van der Waals surface area contributed by atoms with E-state index in [1.54, 1.807) is 4.90 Å². The van der Waals surface area contributed by atoms with Gasteiger partial charge in [-0.25, -0.2) is 9.69 Å². The Kier molecular flexibility index (Phi) is 3.52. The van der Waals surface area contributed by atoms with Crippen LogP contribution in [0.1, 0.15) is 6.92 Å². The molecule has 8 nitrogen and oxygen atoms in total. The lowest BCUT2D eigenvalue weighted by molar-refractivity contribution is -0.145. The Balaban J connectivity index is 2.05. The molecule has 0 aromatic rings. The monoisotopic (exact) mass is 268 g/mol. The van der Waals surface area contributed by atoms with Crippen molar-refractivity contribution >= 4 is 23.8 Å². The van der Waals surface area contributed by atoms with E-state index in [1.807, 2.05) is 6.92 Å². The van der Waals surface area contributed by atoms with Crippen molar-refractivity contribution in [3.63, 3.8) is 0 Å². The van der Waals surface area contributed by atoms with Crippen LogP contribution in [0.5, 0.6) is 0 Å². The van der Waals surface area contributed by atoms with Crippen LogP contribution >= 0.6 is 0 Å². The lowest BCUT2D eigenvalue weighted by Gasteiger charge is -2.34. The van der Waals surface area contributed by atoms with Gasteiger partial charge in [-0.15, -0.1) is 0 Å². The molecule has 0 unspecified atom stereocenters. The molecule has 2 heterocycles. The number of carbonyl (C=O) groups excluding carboxylic acids is 4. The highest BCUT2D eigenvalue weighted by atomic mass is 16.2. The number of imide groups is 2. The molecule has 0 saturated carbocycles. The van der Waals surface area contributed by atoms with Crippen molar-refractivity contribution in [3.8, 4) is 0 Å². The van der Waals surface area contributed by atoms with Gasteiger partial charge in [0.2, 0.25) is 5.91 Å². The number of piperazine rings is 1. The Morgan fingerprint density at radius 3 is 2.53 bits per heavy atom. The fourth-order valence-electron chi connectivity index (χ4n) is 2.19. The summed E-state index contributed by atoms with van der Waals surface area (Å²) in [4.78, 5) is 49.7. The minimum Gasteiger partial charge on any atom is -0.336 e. The van der Waals surface area contributed by atoms with Gasteiger partial charge in [0.25, 0.3) is 0 Å². The van der Waals surface area contributed by atoms with Crippen LogP contribution in [-0.4, -0.2) is 77.7 Å². The molecule has 19 heavy (non-hydrogen) atoms. The molecule has 1 N–H and O–H groups in total. The average Bonchev–Trinajstić information content (AvgIpc) is 2.57. The molecule has 0 bridgehead atoms. The zero-order chi connectivity index (χ0) is 14.2. The summed E-state index contributed by atoms with van der Waals surface area (Å²) in [7, 11) is 1.22. The molecule has 0 aliphatic carbocycles. The van der Waals surface area contributed by atoms with E-state index < -0.39 is 17.8 Å². The fraction of sp³-hybridized carbons (Fsp3) is 0.636. The van der Waals surface area contributed by atoms with Gasteiger partial charge in [0.05, 0.1) is 0 Å². The lowest BCUT2D eigenvalue weighted by Crippen LogP contribution is -2.55. The molecule has 2 rings (SSSR count). The van der Waals surface area contributed by atoms with Crippen LogP contribution in [0.3, 0.4) is 0 Å². The van der Waals surface area contributed by atoms with Crippen molar-refractivity contribution in [1.29, 1.82) is 0 Å². The van der Waals surface area contributed by atoms with Gasteiger partial charge in [-0.2, -0.15) is 0 Å².